The van der Waals surface area contributed by atoms with Crippen LogP contribution in [-0.4, -0.2) is 32.7 Å². The molecule has 4 nitrogen and oxygen atoms in total. The van der Waals surface area contributed by atoms with Crippen LogP contribution in [-0.2, 0) is 9.59 Å². The normalized spacial score (nSPS) is 18.9. The van der Waals surface area contributed by atoms with E-state index in [2.05, 4.69) is 0 Å². The molecule has 0 aromatic heterocycles. The van der Waals surface area contributed by atoms with Crippen LogP contribution >= 0.6 is 24.0 Å². The number of nitrogens with zero attached hydrogens (tertiary/aromatic N) is 1. The van der Waals surface area contributed by atoms with Crippen molar-refractivity contribution >= 4 is 40.2 Å². The Kier molecular flexibility index (Phi) is 5.55. The summed E-state index contributed by atoms with van der Waals surface area (Å²) in [6.07, 6.45) is 4.18. The highest BCUT2D eigenvalue weighted by atomic mass is 32.2. The fraction of sp³-hybridized carbons (Fsp3) is 0.417. The lowest BCUT2D eigenvalue weighted by molar-refractivity contribution is -0.137. The summed E-state index contributed by atoms with van der Waals surface area (Å²) in [5.41, 5.74) is 1.00. The van der Waals surface area contributed by atoms with Gasteiger partial charge in [0.1, 0.15) is 4.32 Å². The standard InChI is InChI=1S/C12H15NO3S2/c1-3-8(2)7-9-11(16)13(12(17)18-9)6-4-5-10(14)15/h3,7H,4-6H2,1-2H3,(H,14,15)/b8-3+,9-7-. The molecule has 1 aliphatic rings. The Morgan fingerprint density at radius 2 is 2.22 bits per heavy atom. The lowest BCUT2D eigenvalue weighted by Gasteiger charge is -2.13. The first-order valence-electron chi connectivity index (χ1n) is 5.55. The zero-order valence-corrected chi connectivity index (χ0v) is 11.9. The molecule has 1 saturated heterocycles. The van der Waals surface area contributed by atoms with Gasteiger partial charge in [0.25, 0.3) is 5.91 Å². The smallest absolute Gasteiger partial charge is 0.303 e. The first-order valence-corrected chi connectivity index (χ1v) is 6.78. The Hall–Kier alpha value is -1.14. The Balaban J connectivity index is 2.67. The van der Waals surface area contributed by atoms with E-state index < -0.39 is 5.97 Å². The van der Waals surface area contributed by atoms with Gasteiger partial charge in [-0.3, -0.25) is 14.5 Å². The third kappa shape index (κ3) is 3.96. The fourth-order valence-corrected chi connectivity index (χ4v) is 2.73. The fourth-order valence-electron chi connectivity index (χ4n) is 1.37. The highest BCUT2D eigenvalue weighted by molar-refractivity contribution is 8.26. The van der Waals surface area contributed by atoms with Crippen molar-refractivity contribution in [2.45, 2.75) is 26.7 Å². The minimum absolute atomic E-state index is 0.0456. The maximum Gasteiger partial charge on any atom is 0.303 e. The van der Waals surface area contributed by atoms with Gasteiger partial charge in [0.2, 0.25) is 0 Å². The number of allylic oxidation sites excluding steroid dienone is 3. The minimum Gasteiger partial charge on any atom is -0.481 e. The summed E-state index contributed by atoms with van der Waals surface area (Å²) in [6.45, 7) is 4.18. The van der Waals surface area contributed by atoms with Crippen LogP contribution in [0.25, 0.3) is 0 Å². The molecule has 1 heterocycles. The molecule has 0 saturated carbocycles. The summed E-state index contributed by atoms with van der Waals surface area (Å²) >= 11 is 6.39. The molecule has 1 fully saturated rings. The second-order valence-corrected chi connectivity index (χ2v) is 5.54. The number of thiocarbonyl (C=S) groups is 1. The SMILES string of the molecule is C/C=C(C)/C=C1\SC(=S)N(CCCC(=O)O)C1=O. The van der Waals surface area contributed by atoms with Gasteiger partial charge in [0, 0.05) is 13.0 Å². The van der Waals surface area contributed by atoms with Gasteiger partial charge in [-0.15, -0.1) is 0 Å². The average Bonchev–Trinajstić information content (AvgIpc) is 2.56. The van der Waals surface area contributed by atoms with Crippen LogP contribution in [0.5, 0.6) is 0 Å². The highest BCUT2D eigenvalue weighted by Gasteiger charge is 2.31. The summed E-state index contributed by atoms with van der Waals surface area (Å²) < 4.78 is 0.501. The van der Waals surface area contributed by atoms with Gasteiger partial charge in [0.05, 0.1) is 4.91 Å². The Labute approximate surface area is 116 Å². The predicted molar refractivity (Wildman–Crippen MR) is 76.3 cm³/mol. The molecule has 1 rings (SSSR count). The highest BCUT2D eigenvalue weighted by Crippen LogP contribution is 2.31. The molecule has 1 N–H and O–H groups in total. The number of thioether (sulfide) groups is 1. The lowest BCUT2D eigenvalue weighted by Crippen LogP contribution is -2.29. The maximum absolute atomic E-state index is 12.0. The number of hydrogen-bond acceptors (Lipinski definition) is 4. The molecule has 0 radical (unpaired) electrons. The Morgan fingerprint density at radius 1 is 1.56 bits per heavy atom. The maximum atomic E-state index is 12.0. The molecule has 0 unspecified atom stereocenters. The van der Waals surface area contributed by atoms with Crippen LogP contribution in [0.15, 0.2) is 22.6 Å². The second kappa shape index (κ2) is 6.70. The van der Waals surface area contributed by atoms with E-state index in [1.807, 2.05) is 19.9 Å². The second-order valence-electron chi connectivity index (χ2n) is 3.86. The van der Waals surface area contributed by atoms with Crippen molar-refractivity contribution in [1.29, 1.82) is 0 Å². The third-order valence-electron chi connectivity index (χ3n) is 2.46. The van der Waals surface area contributed by atoms with Gasteiger partial charge in [-0.2, -0.15) is 0 Å². The van der Waals surface area contributed by atoms with E-state index in [4.69, 9.17) is 17.3 Å². The molecule has 0 aromatic carbocycles. The van der Waals surface area contributed by atoms with Crippen molar-refractivity contribution in [3.05, 3.63) is 22.6 Å². The Bertz CT molecular complexity index is 441. The molecule has 98 valence electrons. The van der Waals surface area contributed by atoms with E-state index >= 15 is 0 Å². The van der Waals surface area contributed by atoms with Gasteiger partial charge >= 0.3 is 5.97 Å². The van der Waals surface area contributed by atoms with Crippen molar-refractivity contribution in [2.24, 2.45) is 0 Å². The molecule has 6 heteroatoms. The summed E-state index contributed by atoms with van der Waals surface area (Å²) in [7, 11) is 0. The zero-order valence-electron chi connectivity index (χ0n) is 10.3. The molecule has 0 aliphatic carbocycles. The predicted octanol–water partition coefficient (Wildman–Crippen LogP) is 2.56. The number of carboxylic acids is 1. The largest absolute Gasteiger partial charge is 0.481 e. The van der Waals surface area contributed by atoms with Crippen LogP contribution in [0.2, 0.25) is 0 Å². The Morgan fingerprint density at radius 3 is 2.78 bits per heavy atom. The first kappa shape index (κ1) is 14.9. The number of carbonyl (C=O) groups is 2. The topological polar surface area (TPSA) is 57.6 Å². The van der Waals surface area contributed by atoms with E-state index in [0.717, 1.165) is 5.57 Å². The number of carbonyl (C=O) groups excluding carboxylic acids is 1. The van der Waals surface area contributed by atoms with E-state index in [9.17, 15) is 9.59 Å². The van der Waals surface area contributed by atoms with E-state index in [-0.39, 0.29) is 12.3 Å². The first-order chi connectivity index (χ1) is 8.45. The molecule has 0 bridgehead atoms. The van der Waals surface area contributed by atoms with Gasteiger partial charge in [-0.25, -0.2) is 0 Å². The van der Waals surface area contributed by atoms with Crippen LogP contribution in [0, 0.1) is 0 Å². The van der Waals surface area contributed by atoms with Gasteiger partial charge in [-0.05, 0) is 26.3 Å². The van der Waals surface area contributed by atoms with Crippen molar-refractivity contribution < 1.29 is 14.7 Å². The van der Waals surface area contributed by atoms with Crippen LogP contribution in [0.1, 0.15) is 26.7 Å². The molecule has 0 spiro atoms. The van der Waals surface area contributed by atoms with E-state index in [1.54, 1.807) is 6.08 Å². The number of carboxylic acid groups (broad SMARTS) is 1. The van der Waals surface area contributed by atoms with Gasteiger partial charge in [0.15, 0.2) is 0 Å². The van der Waals surface area contributed by atoms with Crippen molar-refractivity contribution in [1.82, 2.24) is 4.90 Å². The van der Waals surface area contributed by atoms with Crippen LogP contribution < -0.4 is 0 Å². The number of hydrogen-bond donors (Lipinski definition) is 1. The zero-order chi connectivity index (χ0) is 13.7. The van der Waals surface area contributed by atoms with E-state index in [0.29, 0.717) is 22.2 Å². The quantitative estimate of drug-likeness (QED) is 0.621. The molecule has 0 aromatic rings. The average molecular weight is 285 g/mol. The lowest BCUT2D eigenvalue weighted by atomic mass is 10.2. The molecular formula is C12H15NO3S2. The van der Waals surface area contributed by atoms with E-state index in [1.165, 1.54) is 16.7 Å². The van der Waals surface area contributed by atoms with Gasteiger partial charge in [-0.1, -0.05) is 35.6 Å². The van der Waals surface area contributed by atoms with Crippen LogP contribution in [0.4, 0.5) is 0 Å². The third-order valence-corrected chi connectivity index (χ3v) is 3.84. The summed E-state index contributed by atoms with van der Waals surface area (Å²) in [6, 6.07) is 0. The summed E-state index contributed by atoms with van der Waals surface area (Å²) in [5.74, 6) is -0.989. The van der Waals surface area contributed by atoms with Gasteiger partial charge < -0.3 is 5.11 Å². The molecular weight excluding hydrogens is 270 g/mol. The minimum atomic E-state index is -0.860. The number of aliphatic carboxylic acids is 1. The van der Waals surface area contributed by atoms with Crippen molar-refractivity contribution in [3.8, 4) is 0 Å². The number of rotatable bonds is 5. The molecule has 18 heavy (non-hydrogen) atoms. The van der Waals surface area contributed by atoms with Crippen LogP contribution in [0.3, 0.4) is 0 Å². The molecule has 1 aliphatic heterocycles. The monoisotopic (exact) mass is 285 g/mol. The molecule has 0 atom stereocenters. The number of amides is 1. The van der Waals surface area contributed by atoms with Crippen molar-refractivity contribution in [3.63, 3.8) is 0 Å². The summed E-state index contributed by atoms with van der Waals surface area (Å²) in [4.78, 5) is 24.5. The summed E-state index contributed by atoms with van der Waals surface area (Å²) in [5, 5.41) is 8.56. The van der Waals surface area contributed by atoms with Crippen molar-refractivity contribution in [2.75, 3.05) is 6.54 Å². The molecule has 1 amide bonds.